The third-order valence-corrected chi connectivity index (χ3v) is 6.74. The van der Waals surface area contributed by atoms with Crippen LogP contribution in [0.5, 0.6) is 0 Å². The standard InChI is InChI=1S/C29H22BrClN4O2/c30-21-5-1-18(2-6-21)15-26-29(37)35-25-17-22(31)7-10-24(25)28(34-26)20-3-8-23(9-4-20)33-27(36)16-19-11-13-32-14-12-19/h1-14,17,26H,15-16H2,(H,33,36)(H,35,37). The molecule has 5 rings (SSSR count). The molecule has 0 bridgehead atoms. The number of nitrogens with one attached hydrogen (secondary N) is 2. The molecule has 3 aromatic carbocycles. The summed E-state index contributed by atoms with van der Waals surface area (Å²) in [7, 11) is 0. The van der Waals surface area contributed by atoms with E-state index in [0.29, 0.717) is 28.5 Å². The van der Waals surface area contributed by atoms with Gasteiger partial charge in [0.1, 0.15) is 6.04 Å². The van der Waals surface area contributed by atoms with Crippen molar-refractivity contribution in [3.05, 3.63) is 123 Å². The number of anilines is 2. The highest BCUT2D eigenvalue weighted by Crippen LogP contribution is 2.29. The molecule has 0 fully saturated rings. The van der Waals surface area contributed by atoms with Crippen LogP contribution >= 0.6 is 27.5 Å². The van der Waals surface area contributed by atoms with E-state index in [0.717, 1.165) is 26.7 Å². The molecule has 2 heterocycles. The van der Waals surface area contributed by atoms with E-state index in [4.69, 9.17) is 16.6 Å². The first-order chi connectivity index (χ1) is 17.9. The normalized spacial score (nSPS) is 14.7. The van der Waals surface area contributed by atoms with E-state index in [2.05, 4.69) is 31.5 Å². The average Bonchev–Trinajstić information content (AvgIpc) is 3.02. The van der Waals surface area contributed by atoms with Crippen LogP contribution in [0, 0.1) is 0 Å². The monoisotopic (exact) mass is 572 g/mol. The number of benzodiazepines with no additional fused rings is 1. The van der Waals surface area contributed by atoms with Crippen LogP contribution in [0.4, 0.5) is 11.4 Å². The molecule has 1 atom stereocenters. The summed E-state index contributed by atoms with van der Waals surface area (Å²) in [5.74, 6) is -0.309. The molecule has 0 aliphatic carbocycles. The zero-order chi connectivity index (χ0) is 25.8. The van der Waals surface area contributed by atoms with Crippen molar-refractivity contribution in [2.75, 3.05) is 10.6 Å². The van der Waals surface area contributed by atoms with Gasteiger partial charge in [-0.15, -0.1) is 0 Å². The number of hydrogen-bond donors (Lipinski definition) is 2. The number of nitrogens with zero attached hydrogens (tertiary/aromatic N) is 2. The zero-order valence-corrected chi connectivity index (χ0v) is 22.0. The van der Waals surface area contributed by atoms with Gasteiger partial charge in [0.25, 0.3) is 0 Å². The van der Waals surface area contributed by atoms with E-state index in [-0.39, 0.29) is 18.2 Å². The Morgan fingerprint density at radius 2 is 1.68 bits per heavy atom. The van der Waals surface area contributed by atoms with Gasteiger partial charge in [-0.25, -0.2) is 0 Å². The van der Waals surface area contributed by atoms with Gasteiger partial charge in [0.05, 0.1) is 17.8 Å². The minimum absolute atomic E-state index is 0.116. The summed E-state index contributed by atoms with van der Waals surface area (Å²) in [6, 6.07) is 23.7. The van der Waals surface area contributed by atoms with Crippen LogP contribution < -0.4 is 10.6 Å². The van der Waals surface area contributed by atoms with Gasteiger partial charge in [-0.2, -0.15) is 0 Å². The molecule has 8 heteroatoms. The summed E-state index contributed by atoms with van der Waals surface area (Å²) in [6.07, 6.45) is 4.04. The molecular weight excluding hydrogens is 552 g/mol. The first-order valence-corrected chi connectivity index (χ1v) is 12.8. The van der Waals surface area contributed by atoms with Gasteiger partial charge in [0.15, 0.2) is 0 Å². The second-order valence-corrected chi connectivity index (χ2v) is 10.0. The number of carbonyl (C=O) groups excluding carboxylic acids is 2. The Morgan fingerprint density at radius 1 is 0.946 bits per heavy atom. The Labute approximate surface area is 227 Å². The third kappa shape index (κ3) is 6.13. The summed E-state index contributed by atoms with van der Waals surface area (Å²) >= 11 is 9.69. The van der Waals surface area contributed by atoms with E-state index < -0.39 is 6.04 Å². The van der Waals surface area contributed by atoms with Crippen molar-refractivity contribution >= 4 is 56.4 Å². The Bertz CT molecular complexity index is 1470. The lowest BCUT2D eigenvalue weighted by Gasteiger charge is -2.12. The predicted octanol–water partition coefficient (Wildman–Crippen LogP) is 6.08. The van der Waals surface area contributed by atoms with Gasteiger partial charge in [0, 0.05) is 45.1 Å². The van der Waals surface area contributed by atoms with Crippen molar-refractivity contribution in [2.24, 2.45) is 4.99 Å². The first-order valence-electron chi connectivity index (χ1n) is 11.7. The van der Waals surface area contributed by atoms with Crippen LogP contribution in [0.25, 0.3) is 0 Å². The number of benzene rings is 3. The van der Waals surface area contributed by atoms with Crippen LogP contribution in [0.15, 0.2) is 101 Å². The van der Waals surface area contributed by atoms with E-state index in [1.807, 2.05) is 66.7 Å². The lowest BCUT2D eigenvalue weighted by molar-refractivity contribution is -0.117. The van der Waals surface area contributed by atoms with Crippen molar-refractivity contribution in [3.63, 3.8) is 0 Å². The van der Waals surface area contributed by atoms with E-state index >= 15 is 0 Å². The number of aliphatic imine (C=N–C) groups is 1. The number of pyridine rings is 1. The summed E-state index contributed by atoms with van der Waals surface area (Å²) in [5.41, 5.74) is 5.47. The minimum Gasteiger partial charge on any atom is -0.326 e. The van der Waals surface area contributed by atoms with Crippen molar-refractivity contribution in [1.82, 2.24) is 4.98 Å². The lowest BCUT2D eigenvalue weighted by Crippen LogP contribution is -2.27. The minimum atomic E-state index is -0.623. The maximum atomic E-state index is 13.1. The van der Waals surface area contributed by atoms with Crippen molar-refractivity contribution in [3.8, 4) is 0 Å². The van der Waals surface area contributed by atoms with Crippen LogP contribution in [-0.4, -0.2) is 28.6 Å². The summed E-state index contributed by atoms with van der Waals surface area (Å²) < 4.78 is 0.973. The number of halogens is 2. The van der Waals surface area contributed by atoms with Gasteiger partial charge >= 0.3 is 0 Å². The average molecular weight is 574 g/mol. The smallest absolute Gasteiger partial charge is 0.249 e. The third-order valence-electron chi connectivity index (χ3n) is 5.98. The highest BCUT2D eigenvalue weighted by atomic mass is 79.9. The zero-order valence-electron chi connectivity index (χ0n) is 19.6. The number of carbonyl (C=O) groups is 2. The fourth-order valence-electron chi connectivity index (χ4n) is 4.14. The quantitative estimate of drug-likeness (QED) is 0.293. The fraction of sp³-hybridized carbons (Fsp3) is 0.103. The molecule has 4 aromatic rings. The molecule has 2 amide bonds. The molecule has 0 radical (unpaired) electrons. The molecule has 0 saturated heterocycles. The van der Waals surface area contributed by atoms with Crippen molar-refractivity contribution in [1.29, 1.82) is 0 Å². The number of amides is 2. The Morgan fingerprint density at radius 3 is 2.41 bits per heavy atom. The van der Waals surface area contributed by atoms with Gasteiger partial charge in [0.2, 0.25) is 11.8 Å². The Balaban J connectivity index is 1.43. The van der Waals surface area contributed by atoms with Crippen LogP contribution in [0.1, 0.15) is 22.3 Å². The van der Waals surface area contributed by atoms with Gasteiger partial charge in [-0.3, -0.25) is 19.6 Å². The van der Waals surface area contributed by atoms with Gasteiger partial charge < -0.3 is 10.6 Å². The van der Waals surface area contributed by atoms with E-state index in [1.165, 1.54) is 0 Å². The molecule has 1 unspecified atom stereocenters. The molecule has 2 N–H and O–H groups in total. The highest BCUT2D eigenvalue weighted by molar-refractivity contribution is 9.10. The van der Waals surface area contributed by atoms with E-state index in [9.17, 15) is 9.59 Å². The molecule has 1 aromatic heterocycles. The summed E-state index contributed by atoms with van der Waals surface area (Å²) in [6.45, 7) is 0. The van der Waals surface area contributed by atoms with Crippen LogP contribution in [0.3, 0.4) is 0 Å². The molecule has 6 nitrogen and oxygen atoms in total. The fourth-order valence-corrected chi connectivity index (χ4v) is 4.58. The van der Waals surface area contributed by atoms with Crippen molar-refractivity contribution in [2.45, 2.75) is 18.9 Å². The molecule has 1 aliphatic rings. The number of hydrogen-bond acceptors (Lipinski definition) is 4. The number of rotatable bonds is 6. The first kappa shape index (κ1) is 24.9. The van der Waals surface area contributed by atoms with Crippen LogP contribution in [0.2, 0.25) is 5.02 Å². The maximum Gasteiger partial charge on any atom is 0.249 e. The van der Waals surface area contributed by atoms with Crippen LogP contribution in [-0.2, 0) is 22.4 Å². The second kappa shape index (κ2) is 11.1. The molecular formula is C29H22BrClN4O2. The van der Waals surface area contributed by atoms with Crippen molar-refractivity contribution < 1.29 is 9.59 Å². The largest absolute Gasteiger partial charge is 0.326 e. The molecule has 0 saturated carbocycles. The second-order valence-electron chi connectivity index (χ2n) is 8.66. The van der Waals surface area contributed by atoms with Gasteiger partial charge in [-0.1, -0.05) is 51.8 Å². The Kier molecular flexibility index (Phi) is 7.44. The Hall–Kier alpha value is -3.81. The lowest BCUT2D eigenvalue weighted by atomic mass is 10.00. The number of aromatic nitrogens is 1. The summed E-state index contributed by atoms with van der Waals surface area (Å²) in [5, 5.41) is 6.45. The molecule has 1 aliphatic heterocycles. The molecule has 37 heavy (non-hydrogen) atoms. The maximum absolute atomic E-state index is 13.1. The highest BCUT2D eigenvalue weighted by Gasteiger charge is 2.26. The topological polar surface area (TPSA) is 83.5 Å². The van der Waals surface area contributed by atoms with E-state index in [1.54, 1.807) is 24.5 Å². The number of fused-ring (bicyclic) bond motifs is 1. The molecule has 0 spiro atoms. The SMILES string of the molecule is O=C(Cc1ccncc1)Nc1ccc(C2=NC(Cc3ccc(Br)cc3)C(=O)Nc3cc(Cl)ccc32)cc1. The summed E-state index contributed by atoms with van der Waals surface area (Å²) in [4.78, 5) is 34.5. The molecule has 184 valence electrons. The predicted molar refractivity (Wildman–Crippen MR) is 150 cm³/mol. The van der Waals surface area contributed by atoms with Gasteiger partial charge in [-0.05, 0) is 65.7 Å².